The number of carbonyl (C=O) groups excluding carboxylic acids is 1. The van der Waals surface area contributed by atoms with Gasteiger partial charge in [0.25, 0.3) is 0 Å². The number of aromatic nitrogens is 1. The predicted octanol–water partition coefficient (Wildman–Crippen LogP) is 3.89. The molecule has 2 aromatic rings. The predicted molar refractivity (Wildman–Crippen MR) is 74.8 cm³/mol. The summed E-state index contributed by atoms with van der Waals surface area (Å²) in [5.41, 5.74) is 0.172. The maximum atomic E-state index is 13.7. The fraction of sp³-hybridized carbons (Fsp3) is 0.200. The Morgan fingerprint density at radius 1 is 1.30 bits per heavy atom. The van der Waals surface area contributed by atoms with E-state index in [1.165, 1.54) is 30.6 Å². The van der Waals surface area contributed by atoms with Crippen LogP contribution in [0.2, 0.25) is 5.02 Å². The van der Waals surface area contributed by atoms with Gasteiger partial charge in [-0.25, -0.2) is 4.39 Å². The Bertz CT molecular complexity index is 644. The molecule has 0 unspecified atom stereocenters. The molecule has 1 heterocycles. The van der Waals surface area contributed by atoms with Crippen molar-refractivity contribution in [2.24, 2.45) is 0 Å². The summed E-state index contributed by atoms with van der Waals surface area (Å²) >= 11 is 5.79. The maximum Gasteiger partial charge on any atom is 0.197 e. The largest absolute Gasteiger partial charge is 0.489 e. The Morgan fingerprint density at radius 2 is 2.05 bits per heavy atom. The fourth-order valence-electron chi connectivity index (χ4n) is 1.71. The second-order valence-corrected chi connectivity index (χ2v) is 4.97. The van der Waals surface area contributed by atoms with Gasteiger partial charge in [-0.2, -0.15) is 0 Å². The SMILES string of the molecule is CC(C)Oc1cncc(C(=O)c2cc(Cl)ccc2F)c1. The molecule has 0 N–H and O–H groups in total. The molecule has 3 nitrogen and oxygen atoms in total. The summed E-state index contributed by atoms with van der Waals surface area (Å²) in [4.78, 5) is 16.2. The molecule has 0 saturated heterocycles. The number of pyridine rings is 1. The van der Waals surface area contributed by atoms with Gasteiger partial charge in [0.1, 0.15) is 11.6 Å². The van der Waals surface area contributed by atoms with Gasteiger partial charge >= 0.3 is 0 Å². The number of carbonyl (C=O) groups is 1. The average Bonchev–Trinajstić information content (AvgIpc) is 2.40. The molecule has 5 heteroatoms. The first-order chi connectivity index (χ1) is 9.47. The Hall–Kier alpha value is -1.94. The van der Waals surface area contributed by atoms with E-state index in [1.54, 1.807) is 0 Å². The van der Waals surface area contributed by atoms with E-state index in [2.05, 4.69) is 4.98 Å². The molecule has 0 atom stereocenters. The van der Waals surface area contributed by atoms with Crippen LogP contribution >= 0.6 is 11.6 Å². The van der Waals surface area contributed by atoms with Gasteiger partial charge in [0.2, 0.25) is 0 Å². The number of hydrogen-bond donors (Lipinski definition) is 0. The number of rotatable bonds is 4. The van der Waals surface area contributed by atoms with Crippen LogP contribution < -0.4 is 4.74 Å². The van der Waals surface area contributed by atoms with Gasteiger partial charge in [-0.1, -0.05) is 11.6 Å². The van der Waals surface area contributed by atoms with Crippen LogP contribution in [0.15, 0.2) is 36.7 Å². The van der Waals surface area contributed by atoms with Gasteiger partial charge in [-0.05, 0) is 38.1 Å². The minimum absolute atomic E-state index is 0.0370. The lowest BCUT2D eigenvalue weighted by Gasteiger charge is -2.10. The lowest BCUT2D eigenvalue weighted by molar-refractivity contribution is 0.103. The molecule has 1 aromatic carbocycles. The number of nitrogens with zero attached hydrogens (tertiary/aromatic N) is 1. The molecular formula is C15H13ClFNO2. The van der Waals surface area contributed by atoms with Crippen molar-refractivity contribution in [3.63, 3.8) is 0 Å². The summed E-state index contributed by atoms with van der Waals surface area (Å²) in [6, 6.07) is 5.40. The Morgan fingerprint density at radius 3 is 2.75 bits per heavy atom. The smallest absolute Gasteiger partial charge is 0.197 e. The molecule has 0 saturated carbocycles. The summed E-state index contributed by atoms with van der Waals surface area (Å²) in [5, 5.41) is 0.303. The molecule has 0 fully saturated rings. The van der Waals surface area contributed by atoms with Crippen LogP contribution in [0.1, 0.15) is 29.8 Å². The minimum Gasteiger partial charge on any atom is -0.489 e. The van der Waals surface area contributed by atoms with Crippen molar-refractivity contribution in [1.29, 1.82) is 0 Å². The lowest BCUT2D eigenvalue weighted by atomic mass is 10.0. The minimum atomic E-state index is -0.616. The van der Waals surface area contributed by atoms with Crippen LogP contribution in [0.3, 0.4) is 0 Å². The normalized spacial score (nSPS) is 10.7. The summed E-state index contributed by atoms with van der Waals surface area (Å²) in [6.07, 6.45) is 2.84. The third-order valence-electron chi connectivity index (χ3n) is 2.52. The van der Waals surface area contributed by atoms with Crippen molar-refractivity contribution in [3.8, 4) is 5.75 Å². The first kappa shape index (κ1) is 14.5. The highest BCUT2D eigenvalue weighted by Crippen LogP contribution is 2.20. The summed E-state index contributed by atoms with van der Waals surface area (Å²) < 4.78 is 19.1. The van der Waals surface area contributed by atoms with Crippen LogP contribution in [0.25, 0.3) is 0 Å². The summed E-state index contributed by atoms with van der Waals surface area (Å²) in [7, 11) is 0. The molecule has 1 aromatic heterocycles. The van der Waals surface area contributed by atoms with Gasteiger partial charge in [-0.3, -0.25) is 9.78 Å². The molecule has 0 bridgehead atoms. The molecule has 0 aliphatic heterocycles. The molecule has 20 heavy (non-hydrogen) atoms. The second-order valence-electron chi connectivity index (χ2n) is 4.53. The fourth-order valence-corrected chi connectivity index (χ4v) is 1.88. The highest BCUT2D eigenvalue weighted by Gasteiger charge is 2.16. The maximum absolute atomic E-state index is 13.7. The van der Waals surface area contributed by atoms with Crippen molar-refractivity contribution in [2.45, 2.75) is 20.0 Å². The third-order valence-corrected chi connectivity index (χ3v) is 2.76. The van der Waals surface area contributed by atoms with Crippen molar-refractivity contribution in [1.82, 2.24) is 4.98 Å². The topological polar surface area (TPSA) is 39.2 Å². The number of halogens is 2. The van der Waals surface area contributed by atoms with E-state index in [0.717, 1.165) is 6.07 Å². The number of benzene rings is 1. The van der Waals surface area contributed by atoms with Gasteiger partial charge in [0.05, 0.1) is 17.9 Å². The zero-order valence-electron chi connectivity index (χ0n) is 11.1. The van der Waals surface area contributed by atoms with Crippen molar-refractivity contribution >= 4 is 17.4 Å². The van der Waals surface area contributed by atoms with Crippen molar-refractivity contribution < 1.29 is 13.9 Å². The zero-order valence-corrected chi connectivity index (χ0v) is 11.8. The average molecular weight is 294 g/mol. The van der Waals surface area contributed by atoms with Crippen LogP contribution in [-0.4, -0.2) is 16.9 Å². The molecule has 104 valence electrons. The standard InChI is InChI=1S/C15H13ClFNO2/c1-9(2)20-12-5-10(7-18-8-12)15(19)13-6-11(16)3-4-14(13)17/h3-9H,1-2H3. The second kappa shape index (κ2) is 6.01. The molecule has 2 rings (SSSR count). The summed E-state index contributed by atoms with van der Waals surface area (Å²) in [6.45, 7) is 3.73. The number of ether oxygens (including phenoxy) is 1. The van der Waals surface area contributed by atoms with Crippen molar-refractivity contribution in [3.05, 3.63) is 58.6 Å². The van der Waals surface area contributed by atoms with E-state index in [-0.39, 0.29) is 17.2 Å². The van der Waals surface area contributed by atoms with Crippen molar-refractivity contribution in [2.75, 3.05) is 0 Å². The highest BCUT2D eigenvalue weighted by atomic mass is 35.5. The van der Waals surface area contributed by atoms with Crippen LogP contribution in [0.5, 0.6) is 5.75 Å². The van der Waals surface area contributed by atoms with Crippen LogP contribution in [0.4, 0.5) is 4.39 Å². The van der Waals surface area contributed by atoms with E-state index in [9.17, 15) is 9.18 Å². The van der Waals surface area contributed by atoms with E-state index in [1.807, 2.05) is 13.8 Å². The van der Waals surface area contributed by atoms with E-state index < -0.39 is 11.6 Å². The number of hydrogen-bond acceptors (Lipinski definition) is 3. The molecule has 0 amide bonds. The molecule has 0 aliphatic carbocycles. The molecule has 0 aliphatic rings. The molecule has 0 spiro atoms. The Balaban J connectivity index is 2.35. The van der Waals surface area contributed by atoms with Gasteiger partial charge < -0.3 is 4.74 Å². The zero-order chi connectivity index (χ0) is 14.7. The Labute approximate surface area is 121 Å². The van der Waals surface area contributed by atoms with Crippen LogP contribution in [0, 0.1) is 5.82 Å². The van der Waals surface area contributed by atoms with Crippen LogP contribution in [-0.2, 0) is 0 Å². The first-order valence-corrected chi connectivity index (χ1v) is 6.46. The highest BCUT2D eigenvalue weighted by molar-refractivity contribution is 6.31. The van der Waals surface area contributed by atoms with E-state index in [0.29, 0.717) is 10.8 Å². The Kier molecular flexibility index (Phi) is 4.35. The third kappa shape index (κ3) is 3.33. The lowest BCUT2D eigenvalue weighted by Crippen LogP contribution is -2.08. The monoisotopic (exact) mass is 293 g/mol. The molecular weight excluding hydrogens is 281 g/mol. The number of ketones is 1. The van der Waals surface area contributed by atoms with E-state index >= 15 is 0 Å². The summed E-state index contributed by atoms with van der Waals surface area (Å²) in [5.74, 6) is -0.630. The van der Waals surface area contributed by atoms with Gasteiger partial charge in [0.15, 0.2) is 5.78 Å². The van der Waals surface area contributed by atoms with Gasteiger partial charge in [-0.15, -0.1) is 0 Å². The molecule has 0 radical (unpaired) electrons. The first-order valence-electron chi connectivity index (χ1n) is 6.09. The van der Waals surface area contributed by atoms with Gasteiger partial charge in [0, 0.05) is 16.8 Å². The van der Waals surface area contributed by atoms with E-state index in [4.69, 9.17) is 16.3 Å². The quantitative estimate of drug-likeness (QED) is 0.803.